The second-order valence-electron chi connectivity index (χ2n) is 3.76. The Hall–Kier alpha value is -0.580. The molecule has 0 bridgehead atoms. The number of fused-ring (bicyclic) bond motifs is 1. The molecule has 0 saturated heterocycles. The van der Waals surface area contributed by atoms with E-state index in [2.05, 4.69) is 25.9 Å². The lowest BCUT2D eigenvalue weighted by Crippen LogP contribution is -1.97. The van der Waals surface area contributed by atoms with E-state index in [0.29, 0.717) is 11.0 Å². The van der Waals surface area contributed by atoms with Gasteiger partial charge in [-0.2, -0.15) is 11.8 Å². The zero-order valence-corrected chi connectivity index (χ0v) is 11.9. The topological polar surface area (TPSA) is 25.8 Å². The molecule has 0 N–H and O–H groups in total. The lowest BCUT2D eigenvalue weighted by Gasteiger charge is -2.05. The SMILES string of the molecule is Clc1nc(-c2ccc(Br)cc2)nc2c1CSC2. The molecule has 0 unspecified atom stereocenters. The first kappa shape index (κ1) is 11.5. The molecule has 2 nitrogen and oxygen atoms in total. The van der Waals surface area contributed by atoms with Crippen molar-refractivity contribution < 1.29 is 0 Å². The predicted octanol–water partition coefficient (Wildman–Crippen LogP) is 4.31. The summed E-state index contributed by atoms with van der Waals surface area (Å²) in [5, 5.41) is 0.595. The molecule has 0 atom stereocenters. The van der Waals surface area contributed by atoms with Gasteiger partial charge in [0.15, 0.2) is 5.82 Å². The summed E-state index contributed by atoms with van der Waals surface area (Å²) < 4.78 is 1.05. The molecule has 1 aliphatic heterocycles. The van der Waals surface area contributed by atoms with Crippen LogP contribution in [0.3, 0.4) is 0 Å². The van der Waals surface area contributed by atoms with Gasteiger partial charge < -0.3 is 0 Å². The van der Waals surface area contributed by atoms with Crippen LogP contribution in [-0.4, -0.2) is 9.97 Å². The fourth-order valence-electron chi connectivity index (χ4n) is 1.74. The van der Waals surface area contributed by atoms with Gasteiger partial charge in [0.1, 0.15) is 5.15 Å². The Morgan fingerprint density at radius 2 is 1.88 bits per heavy atom. The Balaban J connectivity index is 2.10. The van der Waals surface area contributed by atoms with Gasteiger partial charge in [-0.25, -0.2) is 9.97 Å². The number of benzene rings is 1. The quantitative estimate of drug-likeness (QED) is 0.730. The van der Waals surface area contributed by atoms with Gasteiger partial charge in [0, 0.05) is 27.1 Å². The van der Waals surface area contributed by atoms with Crippen LogP contribution in [0.5, 0.6) is 0 Å². The average molecular weight is 328 g/mol. The second kappa shape index (κ2) is 4.59. The molecule has 5 heteroatoms. The molecule has 1 aromatic heterocycles. The van der Waals surface area contributed by atoms with E-state index < -0.39 is 0 Å². The largest absolute Gasteiger partial charge is 0.232 e. The zero-order chi connectivity index (χ0) is 11.8. The van der Waals surface area contributed by atoms with Gasteiger partial charge in [-0.15, -0.1) is 0 Å². The first-order valence-electron chi connectivity index (χ1n) is 5.13. The van der Waals surface area contributed by atoms with Crippen molar-refractivity contribution in [2.45, 2.75) is 11.5 Å². The summed E-state index contributed by atoms with van der Waals surface area (Å²) in [6, 6.07) is 7.94. The lowest BCUT2D eigenvalue weighted by atomic mass is 10.2. The van der Waals surface area contributed by atoms with Gasteiger partial charge in [0.25, 0.3) is 0 Å². The van der Waals surface area contributed by atoms with Crippen molar-refractivity contribution in [3.63, 3.8) is 0 Å². The van der Waals surface area contributed by atoms with Crippen LogP contribution in [0.25, 0.3) is 11.4 Å². The van der Waals surface area contributed by atoms with Crippen LogP contribution in [0.2, 0.25) is 5.15 Å². The molecule has 0 saturated carbocycles. The zero-order valence-electron chi connectivity index (χ0n) is 8.78. The molecular formula is C12H8BrClN2S. The minimum absolute atomic E-state index is 0.595. The Labute approximate surface area is 117 Å². The van der Waals surface area contributed by atoms with Gasteiger partial charge >= 0.3 is 0 Å². The van der Waals surface area contributed by atoms with Crippen molar-refractivity contribution in [1.29, 1.82) is 0 Å². The van der Waals surface area contributed by atoms with E-state index in [9.17, 15) is 0 Å². The van der Waals surface area contributed by atoms with E-state index in [4.69, 9.17) is 11.6 Å². The standard InChI is InChI=1S/C12H8BrClN2S/c13-8-3-1-7(2-4-8)12-15-10-6-17-5-9(10)11(14)16-12/h1-4H,5-6H2. The highest BCUT2D eigenvalue weighted by molar-refractivity contribution is 9.10. The smallest absolute Gasteiger partial charge is 0.161 e. The number of nitrogens with zero attached hydrogens (tertiary/aromatic N) is 2. The normalized spacial score (nSPS) is 13.8. The number of hydrogen-bond acceptors (Lipinski definition) is 3. The maximum atomic E-state index is 6.18. The van der Waals surface area contributed by atoms with Crippen LogP contribution < -0.4 is 0 Å². The number of thioether (sulfide) groups is 1. The highest BCUT2D eigenvalue weighted by atomic mass is 79.9. The molecule has 2 aromatic rings. The lowest BCUT2D eigenvalue weighted by molar-refractivity contribution is 1.07. The third kappa shape index (κ3) is 2.21. The van der Waals surface area contributed by atoms with Crippen molar-refractivity contribution in [2.75, 3.05) is 0 Å². The van der Waals surface area contributed by atoms with Crippen molar-refractivity contribution in [2.24, 2.45) is 0 Å². The first-order valence-corrected chi connectivity index (χ1v) is 7.45. The van der Waals surface area contributed by atoms with Crippen molar-refractivity contribution in [3.8, 4) is 11.4 Å². The number of hydrogen-bond donors (Lipinski definition) is 0. The van der Waals surface area contributed by atoms with Crippen LogP contribution >= 0.6 is 39.3 Å². The molecule has 17 heavy (non-hydrogen) atoms. The Bertz CT molecular complexity index is 571. The van der Waals surface area contributed by atoms with Gasteiger partial charge in [0.05, 0.1) is 5.69 Å². The summed E-state index contributed by atoms with van der Waals surface area (Å²) in [6.07, 6.45) is 0. The number of rotatable bonds is 1. The maximum absolute atomic E-state index is 6.18. The molecule has 0 amide bonds. The summed E-state index contributed by atoms with van der Waals surface area (Å²) in [7, 11) is 0. The predicted molar refractivity (Wildman–Crippen MR) is 75.2 cm³/mol. The van der Waals surface area contributed by atoms with E-state index in [1.807, 2.05) is 36.0 Å². The van der Waals surface area contributed by atoms with E-state index in [1.54, 1.807) is 0 Å². The first-order chi connectivity index (χ1) is 8.24. The van der Waals surface area contributed by atoms with E-state index in [-0.39, 0.29) is 0 Å². The highest BCUT2D eigenvalue weighted by Gasteiger charge is 2.19. The summed E-state index contributed by atoms with van der Waals surface area (Å²) in [5.74, 6) is 2.57. The monoisotopic (exact) mass is 326 g/mol. The van der Waals surface area contributed by atoms with Crippen LogP contribution in [0.1, 0.15) is 11.3 Å². The Morgan fingerprint density at radius 1 is 1.12 bits per heavy atom. The second-order valence-corrected chi connectivity index (χ2v) is 6.02. The molecule has 1 aliphatic rings. The van der Waals surface area contributed by atoms with Crippen molar-refractivity contribution >= 4 is 39.3 Å². The third-order valence-corrected chi connectivity index (χ3v) is 4.44. The minimum Gasteiger partial charge on any atom is -0.232 e. The van der Waals surface area contributed by atoms with Crippen LogP contribution in [0.15, 0.2) is 28.7 Å². The fraction of sp³-hybridized carbons (Fsp3) is 0.167. The minimum atomic E-state index is 0.595. The van der Waals surface area contributed by atoms with E-state index >= 15 is 0 Å². The number of halogens is 2. The maximum Gasteiger partial charge on any atom is 0.161 e. The van der Waals surface area contributed by atoms with Crippen molar-refractivity contribution in [3.05, 3.63) is 45.1 Å². The molecule has 0 aliphatic carbocycles. The van der Waals surface area contributed by atoms with Gasteiger partial charge in [-0.3, -0.25) is 0 Å². The molecule has 1 aromatic carbocycles. The fourth-order valence-corrected chi connectivity index (χ4v) is 3.38. The molecule has 0 spiro atoms. The number of aromatic nitrogens is 2. The molecule has 3 rings (SSSR count). The summed E-state index contributed by atoms with van der Waals surface area (Å²) in [5.41, 5.74) is 3.17. The summed E-state index contributed by atoms with van der Waals surface area (Å²) >= 11 is 11.4. The van der Waals surface area contributed by atoms with Crippen molar-refractivity contribution in [1.82, 2.24) is 9.97 Å². The van der Waals surface area contributed by atoms with E-state index in [0.717, 1.165) is 32.8 Å². The molecule has 0 radical (unpaired) electrons. The summed E-state index contributed by atoms with van der Waals surface area (Å²) in [6.45, 7) is 0. The van der Waals surface area contributed by atoms with Crippen LogP contribution in [0, 0.1) is 0 Å². The van der Waals surface area contributed by atoms with Gasteiger partial charge in [-0.1, -0.05) is 39.7 Å². The Kier molecular flexibility index (Phi) is 3.11. The molecular weight excluding hydrogens is 320 g/mol. The molecule has 86 valence electrons. The Morgan fingerprint density at radius 3 is 2.65 bits per heavy atom. The van der Waals surface area contributed by atoms with E-state index in [1.165, 1.54) is 0 Å². The summed E-state index contributed by atoms with van der Waals surface area (Å²) in [4.78, 5) is 8.95. The van der Waals surface area contributed by atoms with Gasteiger partial charge in [0.2, 0.25) is 0 Å². The van der Waals surface area contributed by atoms with Crippen LogP contribution in [0.4, 0.5) is 0 Å². The molecule has 2 heterocycles. The molecule has 0 fully saturated rings. The highest BCUT2D eigenvalue weighted by Crippen LogP contribution is 2.34. The third-order valence-electron chi connectivity index (χ3n) is 2.63. The average Bonchev–Trinajstić information content (AvgIpc) is 2.78. The van der Waals surface area contributed by atoms with Gasteiger partial charge in [-0.05, 0) is 12.1 Å². The van der Waals surface area contributed by atoms with Crippen LogP contribution in [-0.2, 0) is 11.5 Å².